The number of H-pyrrole nitrogens is 1. The van der Waals surface area contributed by atoms with Crippen LogP contribution >= 0.6 is 0 Å². The van der Waals surface area contributed by atoms with Crippen LogP contribution in [0.1, 0.15) is 84.1 Å². The van der Waals surface area contributed by atoms with Crippen LogP contribution in [-0.4, -0.2) is 71.9 Å². The first-order valence-corrected chi connectivity index (χ1v) is 19.0. The number of terminal acetylenes is 1. The predicted octanol–water partition coefficient (Wildman–Crippen LogP) is 8.59. The number of fused-ring (bicyclic) bond motifs is 1. The second kappa shape index (κ2) is 14.7. The van der Waals surface area contributed by atoms with Crippen molar-refractivity contribution < 1.29 is 14.3 Å². The van der Waals surface area contributed by atoms with Crippen LogP contribution in [0, 0.1) is 17.8 Å². The summed E-state index contributed by atoms with van der Waals surface area (Å²) in [7, 11) is 1.67. The third-order valence-electron chi connectivity index (χ3n) is 12.0. The number of piperazine rings is 1. The van der Waals surface area contributed by atoms with Crippen molar-refractivity contribution in [2.24, 2.45) is 5.41 Å². The van der Waals surface area contributed by atoms with Crippen molar-refractivity contribution in [2.75, 3.05) is 44.7 Å². The first-order valence-electron chi connectivity index (χ1n) is 19.0. The number of methoxy groups -OCH3 is 1. The molecule has 8 nitrogen and oxygen atoms in total. The lowest BCUT2D eigenvalue weighted by molar-refractivity contribution is -0.0628. The number of pyridine rings is 1. The molecule has 0 radical (unpaired) electrons. The molecule has 5 aromatic rings. The molecule has 1 unspecified atom stereocenters. The minimum atomic E-state index is 0.345. The second-order valence-electron chi connectivity index (χ2n) is 15.5. The van der Waals surface area contributed by atoms with E-state index in [1.165, 1.54) is 42.4 Å². The Balaban J connectivity index is 0.945. The van der Waals surface area contributed by atoms with Crippen molar-refractivity contribution in [3.8, 4) is 29.6 Å². The lowest BCUT2D eigenvalue weighted by Gasteiger charge is -2.58. The highest BCUT2D eigenvalue weighted by Gasteiger charge is 2.50. The number of carbonyl (C=O) groups excluding carboxylic acids is 1. The van der Waals surface area contributed by atoms with Crippen LogP contribution in [0.5, 0.6) is 17.2 Å². The number of hydrogen-bond donors (Lipinski definition) is 1. The monoisotopic (exact) mass is 707 g/mol. The maximum absolute atomic E-state index is 11.9. The van der Waals surface area contributed by atoms with Gasteiger partial charge in [-0.2, -0.15) is 0 Å². The van der Waals surface area contributed by atoms with Crippen molar-refractivity contribution in [3.63, 3.8) is 0 Å². The summed E-state index contributed by atoms with van der Waals surface area (Å²) in [6.07, 6.45) is 15.1. The number of hydrogen-bond acceptors (Lipinski definition) is 7. The van der Waals surface area contributed by atoms with Gasteiger partial charge in [0.1, 0.15) is 22.9 Å². The zero-order chi connectivity index (χ0) is 36.5. The Hall–Kier alpha value is -5.10. The molecular formula is C45H49N5O3. The summed E-state index contributed by atoms with van der Waals surface area (Å²) in [4.78, 5) is 27.4. The van der Waals surface area contributed by atoms with Gasteiger partial charge >= 0.3 is 0 Å². The highest BCUT2D eigenvalue weighted by atomic mass is 16.5. The number of anilines is 1. The average Bonchev–Trinajstić information content (AvgIpc) is 3.65. The molecule has 2 aliphatic heterocycles. The molecule has 3 fully saturated rings. The van der Waals surface area contributed by atoms with Gasteiger partial charge in [0.05, 0.1) is 24.4 Å². The van der Waals surface area contributed by atoms with Crippen LogP contribution in [-0.2, 0) is 6.54 Å². The molecule has 1 atom stereocenters. The first-order chi connectivity index (χ1) is 25.8. The largest absolute Gasteiger partial charge is 0.495 e. The number of nitrogens with zero attached hydrogens (tertiary/aromatic N) is 4. The highest BCUT2D eigenvalue weighted by molar-refractivity contribution is 5.81. The van der Waals surface area contributed by atoms with Gasteiger partial charge in [0.2, 0.25) is 0 Å². The maximum atomic E-state index is 11.9. The van der Waals surface area contributed by atoms with Crippen molar-refractivity contribution in [1.29, 1.82) is 0 Å². The number of aromatic amines is 1. The van der Waals surface area contributed by atoms with Crippen LogP contribution in [0.25, 0.3) is 11.0 Å². The molecule has 3 aromatic carbocycles. The summed E-state index contributed by atoms with van der Waals surface area (Å²) < 4.78 is 11.7. The summed E-state index contributed by atoms with van der Waals surface area (Å²) in [6.45, 7) is 10.6. The van der Waals surface area contributed by atoms with E-state index in [9.17, 15) is 4.79 Å². The molecule has 3 aliphatic rings. The Labute approximate surface area is 313 Å². The Kier molecular flexibility index (Phi) is 9.72. The quantitative estimate of drug-likeness (QED) is 0.115. The third kappa shape index (κ3) is 7.04. The SMILES string of the molecule is C#Cc1cc(CN2CCN(C3CC4(CCN(c5ccc(C=O)c(Oc6cnc7[nH]ccc7c6)c5)CC4)C3)C(c3ccccc3C(C)C)C2)ccc1OC. The van der Waals surface area contributed by atoms with E-state index in [1.54, 1.807) is 13.3 Å². The molecule has 8 rings (SSSR count). The Bertz CT molecular complexity index is 2130. The molecule has 4 heterocycles. The van der Waals surface area contributed by atoms with Gasteiger partial charge in [-0.15, -0.1) is 6.42 Å². The third-order valence-corrected chi connectivity index (χ3v) is 12.0. The molecule has 1 saturated carbocycles. The number of piperidine rings is 1. The van der Waals surface area contributed by atoms with Gasteiger partial charge in [-0.1, -0.05) is 50.1 Å². The lowest BCUT2D eigenvalue weighted by Crippen LogP contribution is -2.60. The van der Waals surface area contributed by atoms with E-state index in [-0.39, 0.29) is 0 Å². The van der Waals surface area contributed by atoms with E-state index >= 15 is 0 Å². The molecule has 2 saturated heterocycles. The van der Waals surface area contributed by atoms with Crippen molar-refractivity contribution in [3.05, 3.63) is 113 Å². The molecule has 1 spiro atoms. The van der Waals surface area contributed by atoms with E-state index < -0.39 is 0 Å². The first kappa shape index (κ1) is 35.0. The number of benzene rings is 3. The number of carbonyl (C=O) groups is 1. The van der Waals surface area contributed by atoms with E-state index in [0.717, 1.165) is 73.6 Å². The van der Waals surface area contributed by atoms with Crippen molar-refractivity contribution in [1.82, 2.24) is 19.8 Å². The van der Waals surface area contributed by atoms with Crippen LogP contribution in [0.2, 0.25) is 0 Å². The summed E-state index contributed by atoms with van der Waals surface area (Å²) >= 11 is 0. The minimum Gasteiger partial charge on any atom is -0.495 e. The normalized spacial score (nSPS) is 19.3. The van der Waals surface area contributed by atoms with Crippen LogP contribution in [0.3, 0.4) is 0 Å². The molecule has 0 amide bonds. The minimum absolute atomic E-state index is 0.345. The number of nitrogens with one attached hydrogen (secondary N) is 1. The molecule has 0 bridgehead atoms. The van der Waals surface area contributed by atoms with E-state index in [2.05, 4.69) is 86.9 Å². The van der Waals surface area contributed by atoms with Crippen LogP contribution in [0.15, 0.2) is 85.2 Å². The standard InChI is InChI=1S/C45H49N5O3/c1-5-33-22-32(10-13-42(33)52-4)28-48-20-21-50(41(29-48)40-9-7-6-8-39(40)31(2)3)37-25-45(26-37)15-18-49(19-16-45)36-12-11-35(30-51)43(24-36)53-38-23-34-14-17-46-44(34)47-27-38/h1,6-14,17,22-24,27,30-31,37,41H,15-16,18-21,25-26,28-29H2,2-4H3,(H,46,47). The van der Waals surface area contributed by atoms with Crippen molar-refractivity contribution >= 4 is 23.0 Å². The predicted molar refractivity (Wildman–Crippen MR) is 211 cm³/mol. The van der Waals surface area contributed by atoms with Gasteiger partial charge in [0, 0.05) is 74.7 Å². The van der Waals surface area contributed by atoms with Gasteiger partial charge in [-0.05, 0) is 90.1 Å². The molecule has 1 N–H and O–H groups in total. The summed E-state index contributed by atoms with van der Waals surface area (Å²) in [5, 5.41) is 0.969. The van der Waals surface area contributed by atoms with E-state index in [1.807, 2.05) is 36.5 Å². The van der Waals surface area contributed by atoms with Crippen LogP contribution in [0.4, 0.5) is 5.69 Å². The molecule has 2 aromatic heterocycles. The Morgan fingerprint density at radius 3 is 2.60 bits per heavy atom. The van der Waals surface area contributed by atoms with E-state index in [0.29, 0.717) is 40.5 Å². The summed E-state index contributed by atoms with van der Waals surface area (Å²) in [5.41, 5.74) is 7.80. The van der Waals surface area contributed by atoms with Crippen LogP contribution < -0.4 is 14.4 Å². The summed E-state index contributed by atoms with van der Waals surface area (Å²) in [5.74, 6) is 5.20. The zero-order valence-electron chi connectivity index (χ0n) is 31.1. The second-order valence-corrected chi connectivity index (χ2v) is 15.5. The summed E-state index contributed by atoms with van der Waals surface area (Å²) in [6, 6.07) is 26.2. The highest BCUT2D eigenvalue weighted by Crippen LogP contribution is 2.53. The van der Waals surface area contributed by atoms with Gasteiger partial charge in [0.25, 0.3) is 0 Å². The Morgan fingerprint density at radius 2 is 1.83 bits per heavy atom. The van der Waals surface area contributed by atoms with Gasteiger partial charge in [-0.3, -0.25) is 14.6 Å². The fraction of sp³-hybridized carbons (Fsp3) is 0.378. The topological polar surface area (TPSA) is 73.9 Å². The maximum Gasteiger partial charge on any atom is 0.153 e. The van der Waals surface area contributed by atoms with Gasteiger partial charge < -0.3 is 19.4 Å². The molecule has 8 heteroatoms. The van der Waals surface area contributed by atoms with Crippen molar-refractivity contribution in [2.45, 2.75) is 64.1 Å². The number of ether oxygens (including phenoxy) is 2. The molecule has 53 heavy (non-hydrogen) atoms. The number of aldehydes is 1. The fourth-order valence-corrected chi connectivity index (χ4v) is 9.11. The number of aromatic nitrogens is 2. The molecule has 1 aliphatic carbocycles. The number of rotatable bonds is 10. The fourth-order valence-electron chi connectivity index (χ4n) is 9.11. The van der Waals surface area contributed by atoms with Gasteiger partial charge in [-0.25, -0.2) is 4.98 Å². The lowest BCUT2D eigenvalue weighted by atomic mass is 9.59. The molecule has 272 valence electrons. The molecular weight excluding hydrogens is 659 g/mol. The van der Waals surface area contributed by atoms with Gasteiger partial charge in [0.15, 0.2) is 6.29 Å². The smallest absolute Gasteiger partial charge is 0.153 e. The Morgan fingerprint density at radius 1 is 1.00 bits per heavy atom. The van der Waals surface area contributed by atoms with E-state index in [4.69, 9.17) is 15.9 Å². The average molecular weight is 708 g/mol. The zero-order valence-corrected chi connectivity index (χ0v) is 31.1.